The summed E-state index contributed by atoms with van der Waals surface area (Å²) in [5.74, 6) is 1.81. The highest BCUT2D eigenvalue weighted by Gasteiger charge is 2.34. The Morgan fingerprint density at radius 1 is 1.14 bits per heavy atom. The molecule has 202 valence electrons. The maximum atomic E-state index is 11.4. The van der Waals surface area contributed by atoms with Crippen molar-refractivity contribution < 1.29 is 19.4 Å². The Morgan fingerprint density at radius 2 is 1.89 bits per heavy atom. The third-order valence-corrected chi connectivity index (χ3v) is 7.86. The Labute approximate surface area is 222 Å². The SMILES string of the molecule is COc1ccc(CCCC(C)(C)C)c(N2CCC(COc3cc(C(CC(=O)O)C4CC4)ccn3)CC2)c1. The van der Waals surface area contributed by atoms with Gasteiger partial charge >= 0.3 is 5.97 Å². The number of rotatable bonds is 12. The van der Waals surface area contributed by atoms with Gasteiger partial charge in [0.05, 0.1) is 20.1 Å². The zero-order valence-electron chi connectivity index (χ0n) is 23.0. The van der Waals surface area contributed by atoms with Crippen molar-refractivity contribution in [3.63, 3.8) is 0 Å². The fourth-order valence-electron chi connectivity index (χ4n) is 5.51. The zero-order valence-corrected chi connectivity index (χ0v) is 23.0. The lowest BCUT2D eigenvalue weighted by molar-refractivity contribution is -0.137. The Kier molecular flexibility index (Phi) is 8.99. The lowest BCUT2D eigenvalue weighted by Gasteiger charge is -2.35. The molecule has 0 amide bonds. The molecule has 6 heteroatoms. The molecule has 0 bridgehead atoms. The van der Waals surface area contributed by atoms with Crippen molar-refractivity contribution in [3.8, 4) is 11.6 Å². The number of aromatic nitrogens is 1. The monoisotopic (exact) mass is 508 g/mol. The molecule has 1 aliphatic carbocycles. The second-order valence-electron chi connectivity index (χ2n) is 12.1. The predicted octanol–water partition coefficient (Wildman–Crippen LogP) is 6.72. The Morgan fingerprint density at radius 3 is 2.54 bits per heavy atom. The number of aryl methyl sites for hydroxylation is 1. The molecule has 1 N–H and O–H groups in total. The van der Waals surface area contributed by atoms with E-state index in [4.69, 9.17) is 9.47 Å². The van der Waals surface area contributed by atoms with Crippen molar-refractivity contribution in [2.24, 2.45) is 17.3 Å². The van der Waals surface area contributed by atoms with Gasteiger partial charge < -0.3 is 19.5 Å². The number of benzene rings is 1. The summed E-state index contributed by atoms with van der Waals surface area (Å²) in [5, 5.41) is 9.33. The minimum absolute atomic E-state index is 0.0616. The standard InChI is InChI=1S/C31H44N2O4/c1-31(2,3)14-5-6-24-9-10-26(36-4)19-28(24)33-16-12-22(13-17-33)21-37-29-18-25(11-15-32-29)27(20-30(34)35)23-7-8-23/h9-11,15,18-19,22-23,27H,5-8,12-14,16-17,20-21H2,1-4H3,(H,34,35). The minimum Gasteiger partial charge on any atom is -0.497 e. The molecule has 1 unspecified atom stereocenters. The van der Waals surface area contributed by atoms with Crippen LogP contribution >= 0.6 is 0 Å². The topological polar surface area (TPSA) is 71.9 Å². The summed E-state index contributed by atoms with van der Waals surface area (Å²) < 4.78 is 11.7. The summed E-state index contributed by atoms with van der Waals surface area (Å²) in [5.41, 5.74) is 4.12. The number of pyridine rings is 1. The first-order valence-electron chi connectivity index (χ1n) is 13.9. The second kappa shape index (κ2) is 12.2. The van der Waals surface area contributed by atoms with Gasteiger partial charge in [0.2, 0.25) is 5.88 Å². The van der Waals surface area contributed by atoms with E-state index in [-0.39, 0.29) is 12.3 Å². The number of hydrogen-bond acceptors (Lipinski definition) is 5. The Balaban J connectivity index is 1.32. The minimum atomic E-state index is -0.740. The average molecular weight is 509 g/mol. The number of ether oxygens (including phenoxy) is 2. The molecule has 4 rings (SSSR count). The molecule has 2 aliphatic rings. The smallest absolute Gasteiger partial charge is 0.303 e. The second-order valence-corrected chi connectivity index (χ2v) is 12.1. The van der Waals surface area contributed by atoms with Gasteiger partial charge in [-0.1, -0.05) is 26.8 Å². The quantitative estimate of drug-likeness (QED) is 0.343. The fourth-order valence-corrected chi connectivity index (χ4v) is 5.51. The number of anilines is 1. The Bertz CT molecular complexity index is 1040. The van der Waals surface area contributed by atoms with E-state index in [1.807, 2.05) is 12.1 Å². The van der Waals surface area contributed by atoms with Crippen LogP contribution in [0.25, 0.3) is 0 Å². The molecule has 1 atom stereocenters. The average Bonchev–Trinajstić information content (AvgIpc) is 3.71. The number of piperidine rings is 1. The van der Waals surface area contributed by atoms with Gasteiger partial charge in [0.1, 0.15) is 5.75 Å². The first kappa shape index (κ1) is 27.3. The van der Waals surface area contributed by atoms with Gasteiger partial charge in [-0.2, -0.15) is 0 Å². The van der Waals surface area contributed by atoms with Gasteiger partial charge in [-0.3, -0.25) is 4.79 Å². The van der Waals surface area contributed by atoms with Crippen LogP contribution in [0.2, 0.25) is 0 Å². The highest BCUT2D eigenvalue weighted by molar-refractivity contribution is 5.68. The van der Waals surface area contributed by atoms with E-state index in [2.05, 4.69) is 48.9 Å². The van der Waals surface area contributed by atoms with Crippen molar-refractivity contribution >= 4 is 11.7 Å². The maximum absolute atomic E-state index is 11.4. The van der Waals surface area contributed by atoms with Crippen molar-refractivity contribution in [3.05, 3.63) is 47.7 Å². The van der Waals surface area contributed by atoms with E-state index in [1.165, 1.54) is 24.1 Å². The number of carbonyl (C=O) groups is 1. The molecule has 2 aromatic rings. The van der Waals surface area contributed by atoms with Crippen molar-refractivity contribution in [1.29, 1.82) is 0 Å². The van der Waals surface area contributed by atoms with Crippen LogP contribution in [0.5, 0.6) is 11.6 Å². The van der Waals surface area contributed by atoms with Crippen LogP contribution in [0.1, 0.15) is 82.8 Å². The summed E-state index contributed by atoms with van der Waals surface area (Å²) in [4.78, 5) is 18.3. The van der Waals surface area contributed by atoms with Gasteiger partial charge in [0.15, 0.2) is 0 Å². The summed E-state index contributed by atoms with van der Waals surface area (Å²) in [6, 6.07) is 10.4. The number of nitrogens with zero attached hydrogens (tertiary/aromatic N) is 2. The van der Waals surface area contributed by atoms with Gasteiger partial charge in [0, 0.05) is 37.1 Å². The third-order valence-electron chi connectivity index (χ3n) is 7.86. The number of carboxylic acids is 1. The molecule has 1 saturated carbocycles. The highest BCUT2D eigenvalue weighted by Crippen LogP contribution is 2.45. The number of aliphatic carboxylic acids is 1. The lowest BCUT2D eigenvalue weighted by Crippen LogP contribution is -2.36. The van der Waals surface area contributed by atoms with E-state index in [0.29, 0.717) is 29.7 Å². The number of carboxylic acid groups (broad SMARTS) is 1. The molecule has 1 aromatic carbocycles. The van der Waals surface area contributed by atoms with Crippen LogP contribution in [-0.4, -0.2) is 42.9 Å². The van der Waals surface area contributed by atoms with Gasteiger partial charge in [-0.25, -0.2) is 4.98 Å². The molecule has 2 heterocycles. The van der Waals surface area contributed by atoms with E-state index in [9.17, 15) is 9.90 Å². The maximum Gasteiger partial charge on any atom is 0.303 e. The molecular weight excluding hydrogens is 464 g/mol. The van der Waals surface area contributed by atoms with Gasteiger partial charge in [-0.15, -0.1) is 0 Å². The molecule has 0 spiro atoms. The third kappa shape index (κ3) is 8.11. The molecule has 37 heavy (non-hydrogen) atoms. The van der Waals surface area contributed by atoms with Crippen molar-refractivity contribution in [1.82, 2.24) is 4.98 Å². The predicted molar refractivity (Wildman–Crippen MR) is 148 cm³/mol. The summed E-state index contributed by atoms with van der Waals surface area (Å²) in [7, 11) is 1.74. The van der Waals surface area contributed by atoms with E-state index >= 15 is 0 Å². The molecule has 0 radical (unpaired) electrons. The lowest BCUT2D eigenvalue weighted by atomic mass is 9.88. The fraction of sp³-hybridized carbons (Fsp3) is 0.613. The molecule has 2 fully saturated rings. The van der Waals surface area contributed by atoms with Crippen LogP contribution in [-0.2, 0) is 11.2 Å². The summed E-state index contributed by atoms with van der Waals surface area (Å²) in [6.07, 6.45) is 9.79. The zero-order chi connectivity index (χ0) is 26.4. The largest absolute Gasteiger partial charge is 0.497 e. The first-order valence-corrected chi connectivity index (χ1v) is 13.9. The normalized spacial score (nSPS) is 17.5. The van der Waals surface area contributed by atoms with E-state index in [1.54, 1.807) is 13.3 Å². The molecule has 6 nitrogen and oxygen atoms in total. The molecule has 1 aromatic heterocycles. The van der Waals surface area contributed by atoms with Crippen LogP contribution in [0.3, 0.4) is 0 Å². The van der Waals surface area contributed by atoms with Crippen molar-refractivity contribution in [2.75, 3.05) is 31.7 Å². The van der Waals surface area contributed by atoms with E-state index < -0.39 is 5.97 Å². The number of methoxy groups -OCH3 is 1. The van der Waals surface area contributed by atoms with Gasteiger partial charge in [-0.05, 0) is 91.4 Å². The van der Waals surface area contributed by atoms with Crippen LogP contribution in [0, 0.1) is 17.3 Å². The molecule has 1 aliphatic heterocycles. The van der Waals surface area contributed by atoms with Crippen LogP contribution in [0.4, 0.5) is 5.69 Å². The van der Waals surface area contributed by atoms with Crippen LogP contribution < -0.4 is 14.4 Å². The summed E-state index contributed by atoms with van der Waals surface area (Å²) in [6.45, 7) is 9.58. The van der Waals surface area contributed by atoms with Crippen molar-refractivity contribution in [2.45, 2.75) is 78.1 Å². The van der Waals surface area contributed by atoms with E-state index in [0.717, 1.165) is 56.5 Å². The molecule has 1 saturated heterocycles. The number of hydrogen-bond donors (Lipinski definition) is 1. The highest BCUT2D eigenvalue weighted by atomic mass is 16.5. The Hall–Kier alpha value is -2.76. The molecular formula is C31H44N2O4. The van der Waals surface area contributed by atoms with Crippen LogP contribution in [0.15, 0.2) is 36.5 Å². The first-order chi connectivity index (χ1) is 17.7. The summed E-state index contributed by atoms with van der Waals surface area (Å²) >= 11 is 0. The van der Waals surface area contributed by atoms with Gasteiger partial charge in [0.25, 0.3) is 0 Å².